The number of hydrogen-bond donors (Lipinski definition) is 5. The molecule has 2 aliphatic heterocycles. The number of esters is 3. The predicted molar refractivity (Wildman–Crippen MR) is 97.3 cm³/mol. The Morgan fingerprint density at radius 2 is 1.34 bits per heavy atom. The lowest BCUT2D eigenvalue weighted by molar-refractivity contribution is -0.356. The lowest BCUT2D eigenvalue weighted by atomic mass is 9.96. The van der Waals surface area contributed by atoms with Crippen LogP contribution in [0.3, 0.4) is 0 Å². The zero-order valence-corrected chi connectivity index (χ0v) is 17.6. The fourth-order valence-corrected chi connectivity index (χ4v) is 3.37. The van der Waals surface area contributed by atoms with Gasteiger partial charge in [-0.2, -0.15) is 0 Å². The average Bonchev–Trinajstić information content (AvgIpc) is 2.70. The van der Waals surface area contributed by atoms with Gasteiger partial charge in [-0.15, -0.1) is 0 Å². The average molecular weight is 468 g/mol. The van der Waals surface area contributed by atoms with E-state index in [0.29, 0.717) is 0 Å². The number of hydrogen-bond acceptors (Lipinski definition) is 14. The van der Waals surface area contributed by atoms with Gasteiger partial charge in [-0.1, -0.05) is 0 Å². The van der Waals surface area contributed by atoms with E-state index in [1.54, 1.807) is 0 Å². The van der Waals surface area contributed by atoms with E-state index in [0.717, 1.165) is 20.8 Å². The molecule has 2 heterocycles. The van der Waals surface area contributed by atoms with E-state index in [4.69, 9.17) is 28.4 Å². The SMILES string of the molecule is CC(=O)OC[C@H]1OC(O)[C@H](OC(C)=O)[C@@H](OC(C)=O)[C@@H]1O[C@@H]1O[C@H](CO)[C@H](O)[C@H](O)[C@H]1O. The second-order valence-electron chi connectivity index (χ2n) is 7.31. The molecule has 10 atom stereocenters. The summed E-state index contributed by atoms with van der Waals surface area (Å²) in [6, 6.07) is 0. The highest BCUT2D eigenvalue weighted by Gasteiger charge is 2.53. The Hall–Kier alpha value is -1.91. The summed E-state index contributed by atoms with van der Waals surface area (Å²) in [5.41, 5.74) is 0. The molecule has 1 unspecified atom stereocenters. The van der Waals surface area contributed by atoms with E-state index in [9.17, 15) is 39.9 Å². The molecule has 0 aromatic rings. The zero-order valence-electron chi connectivity index (χ0n) is 17.6. The molecule has 2 saturated heterocycles. The van der Waals surface area contributed by atoms with Crippen molar-refractivity contribution in [2.45, 2.75) is 82.2 Å². The number of carbonyl (C=O) groups excluding carboxylic acids is 3. The lowest BCUT2D eigenvalue weighted by Crippen LogP contribution is -2.65. The van der Waals surface area contributed by atoms with Crippen LogP contribution in [0.5, 0.6) is 0 Å². The van der Waals surface area contributed by atoms with Crippen LogP contribution in [0.25, 0.3) is 0 Å². The summed E-state index contributed by atoms with van der Waals surface area (Å²) < 4.78 is 31.4. The predicted octanol–water partition coefficient (Wildman–Crippen LogP) is -3.68. The Morgan fingerprint density at radius 3 is 1.88 bits per heavy atom. The van der Waals surface area contributed by atoms with E-state index in [1.807, 2.05) is 0 Å². The van der Waals surface area contributed by atoms with Gasteiger partial charge in [-0.25, -0.2) is 0 Å². The quantitative estimate of drug-likeness (QED) is 0.180. The summed E-state index contributed by atoms with van der Waals surface area (Å²) in [5, 5.41) is 49.9. The van der Waals surface area contributed by atoms with Gasteiger partial charge in [0.2, 0.25) is 0 Å². The van der Waals surface area contributed by atoms with Gasteiger partial charge in [-0.05, 0) is 0 Å². The second kappa shape index (κ2) is 11.3. The molecule has 14 nitrogen and oxygen atoms in total. The lowest BCUT2D eigenvalue weighted by Gasteiger charge is -2.46. The summed E-state index contributed by atoms with van der Waals surface area (Å²) in [6.45, 7) is 1.95. The van der Waals surface area contributed by atoms with Crippen molar-refractivity contribution >= 4 is 17.9 Å². The van der Waals surface area contributed by atoms with Gasteiger partial charge in [-0.3, -0.25) is 14.4 Å². The van der Waals surface area contributed by atoms with Gasteiger partial charge in [0.25, 0.3) is 0 Å². The summed E-state index contributed by atoms with van der Waals surface area (Å²) in [7, 11) is 0. The third-order valence-electron chi connectivity index (χ3n) is 4.80. The molecule has 5 N–H and O–H groups in total. The molecule has 0 saturated carbocycles. The molecule has 0 bridgehead atoms. The molecular weight excluding hydrogens is 440 g/mol. The largest absolute Gasteiger partial charge is 0.463 e. The second-order valence-corrected chi connectivity index (χ2v) is 7.31. The standard InChI is InChI=1S/C18H28O14/c1-6(20)27-5-10-14(32-18-13(25)12(24)11(23)9(4-19)31-18)15(28-7(2)21)16(17(26)30-10)29-8(3)22/h9-19,23-26H,4-5H2,1-3H3/t9-,10-,11+,12+,13-,14-,15+,16-,17?,18+/m1/s1. The maximum Gasteiger partial charge on any atom is 0.303 e. The van der Waals surface area contributed by atoms with Crippen LogP contribution < -0.4 is 0 Å². The summed E-state index contributed by atoms with van der Waals surface area (Å²) in [6.07, 6.45) is -15.9. The first kappa shape index (κ1) is 26.3. The molecule has 2 rings (SSSR count). The minimum absolute atomic E-state index is 0.501. The molecule has 2 fully saturated rings. The van der Waals surface area contributed by atoms with Gasteiger partial charge in [0.15, 0.2) is 24.8 Å². The van der Waals surface area contributed by atoms with Crippen molar-refractivity contribution in [3.05, 3.63) is 0 Å². The van der Waals surface area contributed by atoms with Crippen molar-refractivity contribution in [3.63, 3.8) is 0 Å². The number of ether oxygens (including phenoxy) is 6. The van der Waals surface area contributed by atoms with Gasteiger partial charge in [0, 0.05) is 20.8 Å². The van der Waals surface area contributed by atoms with Crippen molar-refractivity contribution in [3.8, 4) is 0 Å². The smallest absolute Gasteiger partial charge is 0.303 e. The molecule has 0 aromatic carbocycles. The van der Waals surface area contributed by atoms with Crippen molar-refractivity contribution in [1.29, 1.82) is 0 Å². The fourth-order valence-electron chi connectivity index (χ4n) is 3.37. The van der Waals surface area contributed by atoms with Crippen molar-refractivity contribution in [2.24, 2.45) is 0 Å². The Bertz CT molecular complexity index is 668. The van der Waals surface area contributed by atoms with Crippen molar-refractivity contribution in [1.82, 2.24) is 0 Å². The molecule has 2 aliphatic rings. The van der Waals surface area contributed by atoms with Crippen molar-refractivity contribution in [2.75, 3.05) is 13.2 Å². The van der Waals surface area contributed by atoms with Crippen LogP contribution >= 0.6 is 0 Å². The molecular formula is C18H28O14. The normalized spacial score (nSPS) is 39.8. The number of carbonyl (C=O) groups is 3. The Kier molecular flexibility index (Phi) is 9.29. The molecule has 0 aromatic heterocycles. The molecule has 184 valence electrons. The van der Waals surface area contributed by atoms with Crippen LogP contribution in [-0.4, -0.2) is 118 Å². The van der Waals surface area contributed by atoms with Gasteiger partial charge in [0.05, 0.1) is 6.61 Å². The molecule has 0 aliphatic carbocycles. The number of rotatable bonds is 7. The van der Waals surface area contributed by atoms with Crippen LogP contribution in [0.1, 0.15) is 20.8 Å². The van der Waals surface area contributed by atoms with Crippen LogP contribution in [0.4, 0.5) is 0 Å². The number of aliphatic hydroxyl groups is 5. The Labute approximate surface area is 182 Å². The zero-order chi connectivity index (χ0) is 24.2. The van der Waals surface area contributed by atoms with E-state index < -0.39 is 92.5 Å². The van der Waals surface area contributed by atoms with Crippen LogP contribution in [0.2, 0.25) is 0 Å². The molecule has 0 radical (unpaired) electrons. The summed E-state index contributed by atoms with van der Waals surface area (Å²) in [5.74, 6) is -2.41. The first-order chi connectivity index (χ1) is 15.0. The molecule has 0 spiro atoms. The highest BCUT2D eigenvalue weighted by atomic mass is 16.7. The highest BCUT2D eigenvalue weighted by Crippen LogP contribution is 2.31. The molecule has 0 amide bonds. The monoisotopic (exact) mass is 468 g/mol. The minimum Gasteiger partial charge on any atom is -0.463 e. The Balaban J connectivity index is 2.37. The van der Waals surface area contributed by atoms with E-state index in [-0.39, 0.29) is 0 Å². The fraction of sp³-hybridized carbons (Fsp3) is 0.833. The highest BCUT2D eigenvalue weighted by molar-refractivity contribution is 5.67. The van der Waals surface area contributed by atoms with Crippen LogP contribution in [0.15, 0.2) is 0 Å². The summed E-state index contributed by atoms with van der Waals surface area (Å²) >= 11 is 0. The first-order valence-corrected chi connectivity index (χ1v) is 9.73. The van der Waals surface area contributed by atoms with E-state index in [2.05, 4.69) is 0 Å². The maximum absolute atomic E-state index is 11.7. The van der Waals surface area contributed by atoms with Crippen LogP contribution in [-0.2, 0) is 42.8 Å². The first-order valence-electron chi connectivity index (χ1n) is 9.73. The van der Waals surface area contributed by atoms with Gasteiger partial charge < -0.3 is 54.0 Å². The summed E-state index contributed by atoms with van der Waals surface area (Å²) in [4.78, 5) is 34.5. The molecule has 14 heteroatoms. The van der Waals surface area contributed by atoms with Crippen LogP contribution in [0, 0.1) is 0 Å². The van der Waals surface area contributed by atoms with Crippen molar-refractivity contribution < 1.29 is 68.3 Å². The van der Waals surface area contributed by atoms with E-state index >= 15 is 0 Å². The van der Waals surface area contributed by atoms with Gasteiger partial charge >= 0.3 is 17.9 Å². The topological polar surface area (TPSA) is 208 Å². The van der Waals surface area contributed by atoms with Gasteiger partial charge in [0.1, 0.15) is 43.2 Å². The maximum atomic E-state index is 11.7. The minimum atomic E-state index is -1.82. The number of aliphatic hydroxyl groups excluding tert-OH is 5. The molecule has 32 heavy (non-hydrogen) atoms. The third-order valence-corrected chi connectivity index (χ3v) is 4.80. The Morgan fingerprint density at radius 1 is 0.750 bits per heavy atom. The third kappa shape index (κ3) is 6.32. The van der Waals surface area contributed by atoms with E-state index in [1.165, 1.54) is 0 Å².